The van der Waals surface area contributed by atoms with E-state index in [9.17, 15) is 9.59 Å². The first-order chi connectivity index (χ1) is 15.2. The van der Waals surface area contributed by atoms with Crippen LogP contribution in [-0.2, 0) is 18.8 Å². The lowest BCUT2D eigenvalue weighted by Crippen LogP contribution is -2.46. The lowest BCUT2D eigenvalue weighted by molar-refractivity contribution is -0.139. The van der Waals surface area contributed by atoms with Gasteiger partial charge in [0.15, 0.2) is 14.1 Å². The van der Waals surface area contributed by atoms with Crippen molar-refractivity contribution in [3.05, 3.63) is 23.3 Å². The molecule has 0 spiro atoms. The first kappa shape index (κ1) is 26.9. The Balaban J connectivity index is 2.70. The molecule has 1 aromatic carbocycles. The molecule has 0 saturated heterocycles. The Kier molecular flexibility index (Phi) is 7.75. The average Bonchev–Trinajstić information content (AvgIpc) is 2.96. The third-order valence-corrected chi connectivity index (χ3v) is 11.8. The van der Waals surface area contributed by atoms with Crippen LogP contribution in [0.5, 0.6) is 17.2 Å². The molecule has 0 saturated carbocycles. The molecule has 2 rings (SSSR count). The number of Topliss-reactive ketones (excluding diaryl/α,β-unsaturated/α-hetero) is 1. The summed E-state index contributed by atoms with van der Waals surface area (Å²) in [6.07, 6.45) is 0. The van der Waals surface area contributed by atoms with Crippen LogP contribution >= 0.6 is 0 Å². The predicted octanol–water partition coefficient (Wildman–Crippen LogP) is 4.89. The Labute approximate surface area is 198 Å². The molecule has 0 fully saturated rings. The van der Waals surface area contributed by atoms with Gasteiger partial charge in [0.25, 0.3) is 0 Å². The van der Waals surface area contributed by atoms with Crippen LogP contribution in [0.2, 0.25) is 18.1 Å². The number of ketones is 1. The van der Waals surface area contributed by atoms with E-state index in [1.165, 1.54) is 21.3 Å². The topological polar surface area (TPSA) is 80.3 Å². The summed E-state index contributed by atoms with van der Waals surface area (Å²) in [5.74, 6) is 0.0793. The number of carbonyl (C=O) groups is 2. The number of benzene rings is 1. The number of allylic oxidation sites excluding steroid dienone is 1. The molecule has 1 aliphatic rings. The third-order valence-electron chi connectivity index (χ3n) is 7.32. The van der Waals surface area contributed by atoms with Crippen molar-refractivity contribution in [3.63, 3.8) is 0 Å². The first-order valence-electron chi connectivity index (χ1n) is 11.0. The molecular formula is C25H38O7Si. The van der Waals surface area contributed by atoms with E-state index in [0.29, 0.717) is 28.4 Å². The lowest BCUT2D eigenvalue weighted by atomic mass is 9.76. The van der Waals surface area contributed by atoms with Crippen molar-refractivity contribution in [2.75, 3.05) is 35.0 Å². The molecular weight excluding hydrogens is 440 g/mol. The van der Waals surface area contributed by atoms with Gasteiger partial charge < -0.3 is 23.4 Å². The van der Waals surface area contributed by atoms with E-state index in [4.69, 9.17) is 23.4 Å². The highest BCUT2D eigenvalue weighted by atomic mass is 28.4. The van der Waals surface area contributed by atoms with Gasteiger partial charge >= 0.3 is 5.97 Å². The fourth-order valence-corrected chi connectivity index (χ4v) is 4.89. The summed E-state index contributed by atoms with van der Waals surface area (Å²) >= 11 is 0. The van der Waals surface area contributed by atoms with Crippen LogP contribution < -0.4 is 14.2 Å². The van der Waals surface area contributed by atoms with Crippen LogP contribution in [0.4, 0.5) is 0 Å². The number of methoxy groups -OCH3 is 4. The largest absolute Gasteiger partial charge is 0.496 e. The van der Waals surface area contributed by atoms with E-state index in [1.54, 1.807) is 19.2 Å². The summed E-state index contributed by atoms with van der Waals surface area (Å²) in [4.78, 5) is 26.7. The Hall–Kier alpha value is -2.32. The van der Waals surface area contributed by atoms with E-state index in [-0.39, 0.29) is 28.9 Å². The van der Waals surface area contributed by atoms with Crippen molar-refractivity contribution in [1.82, 2.24) is 0 Å². The van der Waals surface area contributed by atoms with E-state index in [0.717, 1.165) is 0 Å². The van der Waals surface area contributed by atoms with Gasteiger partial charge in [0, 0.05) is 18.7 Å². The number of rotatable bonds is 8. The molecule has 0 radical (unpaired) electrons. The molecule has 1 aromatic rings. The van der Waals surface area contributed by atoms with Crippen LogP contribution in [-0.4, -0.2) is 55.1 Å². The van der Waals surface area contributed by atoms with Gasteiger partial charge in [0.1, 0.15) is 22.8 Å². The average molecular weight is 479 g/mol. The van der Waals surface area contributed by atoms with Crippen LogP contribution in [0.25, 0.3) is 5.57 Å². The molecule has 7 nitrogen and oxygen atoms in total. The molecule has 1 aliphatic carbocycles. The highest BCUT2D eigenvalue weighted by molar-refractivity contribution is 6.74. The molecule has 2 atom stereocenters. The van der Waals surface area contributed by atoms with E-state index < -0.39 is 19.7 Å². The molecule has 0 heterocycles. The summed E-state index contributed by atoms with van der Waals surface area (Å²) in [5, 5.41) is -0.0158. The maximum Gasteiger partial charge on any atom is 0.341 e. The normalized spacial score (nSPS) is 21.3. The highest BCUT2D eigenvalue weighted by Crippen LogP contribution is 2.54. The minimum absolute atomic E-state index is 0.00750. The molecule has 0 bridgehead atoms. The van der Waals surface area contributed by atoms with Crippen molar-refractivity contribution < 1.29 is 33.0 Å². The van der Waals surface area contributed by atoms with Crippen molar-refractivity contribution in [2.24, 2.45) is 11.3 Å². The Morgan fingerprint density at radius 2 is 1.55 bits per heavy atom. The molecule has 0 aromatic heterocycles. The first-order valence-corrected chi connectivity index (χ1v) is 13.9. The van der Waals surface area contributed by atoms with Gasteiger partial charge in [-0.15, -0.1) is 0 Å². The lowest BCUT2D eigenvalue weighted by Gasteiger charge is -2.40. The predicted molar refractivity (Wildman–Crippen MR) is 130 cm³/mol. The maximum atomic E-state index is 13.8. The van der Waals surface area contributed by atoms with Gasteiger partial charge in [-0.05, 0) is 36.5 Å². The van der Waals surface area contributed by atoms with Crippen molar-refractivity contribution in [1.29, 1.82) is 0 Å². The number of esters is 1. The Morgan fingerprint density at radius 1 is 1.03 bits per heavy atom. The molecule has 0 unspecified atom stereocenters. The summed E-state index contributed by atoms with van der Waals surface area (Å²) in [7, 11) is 3.73. The Bertz CT molecular complexity index is 933. The summed E-state index contributed by atoms with van der Waals surface area (Å²) in [6.45, 7) is 14.7. The second kappa shape index (κ2) is 9.50. The van der Waals surface area contributed by atoms with Crippen LogP contribution in [0.3, 0.4) is 0 Å². The van der Waals surface area contributed by atoms with Gasteiger partial charge in [-0.1, -0.05) is 27.7 Å². The zero-order chi connectivity index (χ0) is 25.4. The SMILES string of the molecule is COC(=O)C1=C(c2c(OC)cc(OC)cc2OC)[C@H](C)[C@@](C)(CO[Si](C)(C)C(C)(C)C)C1=O. The second-order valence-corrected chi connectivity index (χ2v) is 15.0. The molecule has 0 amide bonds. The molecule has 0 N–H and O–H groups in total. The van der Waals surface area contributed by atoms with Crippen molar-refractivity contribution >= 4 is 25.6 Å². The number of hydrogen-bond donors (Lipinski definition) is 0. The van der Waals surface area contributed by atoms with Crippen molar-refractivity contribution in [2.45, 2.75) is 52.8 Å². The summed E-state index contributed by atoms with van der Waals surface area (Å²) in [6, 6.07) is 3.41. The third kappa shape index (κ3) is 4.68. The van der Waals surface area contributed by atoms with E-state index in [1.807, 2.05) is 13.8 Å². The number of hydrogen-bond acceptors (Lipinski definition) is 7. The quantitative estimate of drug-likeness (QED) is 0.299. The molecule has 184 valence electrons. The van der Waals surface area contributed by atoms with Gasteiger partial charge in [0.2, 0.25) is 0 Å². The molecule has 0 aliphatic heterocycles. The summed E-state index contributed by atoms with van der Waals surface area (Å²) < 4.78 is 28.1. The van der Waals surface area contributed by atoms with Gasteiger partial charge in [-0.3, -0.25) is 4.79 Å². The van der Waals surface area contributed by atoms with Crippen LogP contribution in [0.1, 0.15) is 40.2 Å². The fourth-order valence-electron chi connectivity index (χ4n) is 3.79. The molecule has 33 heavy (non-hydrogen) atoms. The van der Waals surface area contributed by atoms with Crippen molar-refractivity contribution in [3.8, 4) is 17.2 Å². The standard InChI is InChI=1S/C25H38O7Si/c1-15-19(20-17(29-7)12-16(28-6)13-18(20)30-8)21(23(27)31-9)22(26)25(15,5)14-32-33(10,11)24(2,3)4/h12-13,15H,14H2,1-11H3/t15-,25+/m0/s1. The summed E-state index contributed by atoms with van der Waals surface area (Å²) in [5.41, 5.74) is 0.125. The molecule has 8 heteroatoms. The maximum absolute atomic E-state index is 13.8. The smallest absolute Gasteiger partial charge is 0.341 e. The van der Waals surface area contributed by atoms with Crippen LogP contribution in [0.15, 0.2) is 17.7 Å². The van der Waals surface area contributed by atoms with E-state index in [2.05, 4.69) is 33.9 Å². The fraction of sp³-hybridized carbons (Fsp3) is 0.600. The Morgan fingerprint density at radius 3 is 1.94 bits per heavy atom. The van der Waals surface area contributed by atoms with Gasteiger partial charge in [-0.2, -0.15) is 0 Å². The zero-order valence-corrected chi connectivity index (χ0v) is 22.8. The minimum Gasteiger partial charge on any atom is -0.496 e. The van der Waals surface area contributed by atoms with E-state index >= 15 is 0 Å². The minimum atomic E-state index is -2.14. The number of carbonyl (C=O) groups excluding carboxylic acids is 2. The van der Waals surface area contributed by atoms with Crippen LogP contribution in [0, 0.1) is 11.3 Å². The number of ether oxygens (including phenoxy) is 4. The van der Waals surface area contributed by atoms with Gasteiger partial charge in [-0.25, -0.2) is 4.79 Å². The zero-order valence-electron chi connectivity index (χ0n) is 21.8. The van der Waals surface area contributed by atoms with Gasteiger partial charge in [0.05, 0.1) is 39.4 Å². The second-order valence-electron chi connectivity index (χ2n) is 10.2. The monoisotopic (exact) mass is 478 g/mol. The highest BCUT2D eigenvalue weighted by Gasteiger charge is 2.54.